The molecule has 2 aromatic heterocycles. The first-order chi connectivity index (χ1) is 17.0. The summed E-state index contributed by atoms with van der Waals surface area (Å²) in [6, 6.07) is 18.8. The van der Waals surface area contributed by atoms with Crippen LogP contribution in [0.3, 0.4) is 0 Å². The number of nitrogens with zero attached hydrogens (tertiary/aromatic N) is 2. The Labute approximate surface area is 203 Å². The fourth-order valence-electron chi connectivity index (χ4n) is 4.72. The topological polar surface area (TPSA) is 110 Å². The summed E-state index contributed by atoms with van der Waals surface area (Å²) in [5.74, 6) is 0.329. The molecule has 0 radical (unpaired) electrons. The third kappa shape index (κ3) is 5.10. The Morgan fingerprint density at radius 1 is 1.03 bits per heavy atom. The highest BCUT2D eigenvalue weighted by Gasteiger charge is 2.21. The minimum atomic E-state index is -0.257. The van der Waals surface area contributed by atoms with Gasteiger partial charge < -0.3 is 20.7 Å². The molecular weight excluding hydrogens is 440 g/mol. The second-order valence-electron chi connectivity index (χ2n) is 9.20. The van der Waals surface area contributed by atoms with E-state index in [0.29, 0.717) is 36.2 Å². The Morgan fingerprint density at radius 2 is 1.83 bits per heavy atom. The van der Waals surface area contributed by atoms with Crippen molar-refractivity contribution in [3.8, 4) is 11.1 Å². The average Bonchev–Trinajstić information content (AvgIpc) is 2.87. The van der Waals surface area contributed by atoms with Crippen LogP contribution in [0.2, 0.25) is 0 Å². The number of nitrogens with two attached hydrogens (primary N) is 1. The molecular formula is C28H28N4O3. The van der Waals surface area contributed by atoms with Gasteiger partial charge >= 0.3 is 0 Å². The number of anilines is 1. The monoisotopic (exact) mass is 468 g/mol. The third-order valence-corrected chi connectivity index (χ3v) is 6.67. The summed E-state index contributed by atoms with van der Waals surface area (Å²) in [5.41, 5.74) is 9.09. The molecule has 4 N–H and O–H groups in total. The van der Waals surface area contributed by atoms with Crippen LogP contribution in [0.4, 0.5) is 5.82 Å². The molecule has 1 fully saturated rings. The SMILES string of the molecule is Nc1cc(-c2ccc3c(=O)n(Cc4cccc(C(=O)N[C@H]5CC[C@H](O)CC5)c4)ccc3c2)ccn1. The van der Waals surface area contributed by atoms with E-state index in [1.807, 2.05) is 54.6 Å². The first-order valence-corrected chi connectivity index (χ1v) is 11.9. The molecule has 0 unspecified atom stereocenters. The van der Waals surface area contributed by atoms with Crippen molar-refractivity contribution in [1.29, 1.82) is 0 Å². The molecule has 1 aliphatic rings. The number of hydrogen-bond donors (Lipinski definition) is 3. The van der Waals surface area contributed by atoms with E-state index in [9.17, 15) is 14.7 Å². The number of rotatable bonds is 5. The second-order valence-corrected chi connectivity index (χ2v) is 9.20. The summed E-state index contributed by atoms with van der Waals surface area (Å²) < 4.78 is 1.66. The summed E-state index contributed by atoms with van der Waals surface area (Å²) in [6.07, 6.45) is 6.20. The molecule has 0 atom stereocenters. The molecule has 2 heterocycles. The number of amides is 1. The van der Waals surface area contributed by atoms with Crippen molar-refractivity contribution in [2.45, 2.75) is 44.4 Å². The van der Waals surface area contributed by atoms with Crippen molar-refractivity contribution in [3.63, 3.8) is 0 Å². The van der Waals surface area contributed by atoms with Gasteiger partial charge in [-0.15, -0.1) is 0 Å². The van der Waals surface area contributed by atoms with Crippen LogP contribution < -0.4 is 16.6 Å². The van der Waals surface area contributed by atoms with E-state index in [2.05, 4.69) is 10.3 Å². The van der Waals surface area contributed by atoms with Gasteiger partial charge in [0.25, 0.3) is 11.5 Å². The Morgan fingerprint density at radius 3 is 2.63 bits per heavy atom. The largest absolute Gasteiger partial charge is 0.393 e. The number of carbonyl (C=O) groups excluding carboxylic acids is 1. The Hall–Kier alpha value is -3.97. The van der Waals surface area contributed by atoms with Crippen molar-refractivity contribution in [3.05, 3.63) is 94.5 Å². The molecule has 1 saturated carbocycles. The smallest absolute Gasteiger partial charge is 0.258 e. The van der Waals surface area contributed by atoms with Crippen molar-refractivity contribution < 1.29 is 9.90 Å². The number of carbonyl (C=O) groups is 1. The molecule has 7 nitrogen and oxygen atoms in total. The molecule has 0 spiro atoms. The molecule has 2 aromatic carbocycles. The number of aromatic nitrogens is 2. The first-order valence-electron chi connectivity index (χ1n) is 11.9. The molecule has 0 saturated heterocycles. The van der Waals surface area contributed by atoms with Crippen LogP contribution in [0, 0.1) is 0 Å². The molecule has 1 aliphatic carbocycles. The number of aliphatic hydroxyl groups is 1. The lowest BCUT2D eigenvalue weighted by atomic mass is 9.93. The quantitative estimate of drug-likeness (QED) is 0.413. The number of hydrogen-bond acceptors (Lipinski definition) is 5. The van der Waals surface area contributed by atoms with Crippen LogP contribution in [-0.4, -0.2) is 32.7 Å². The highest BCUT2D eigenvalue weighted by atomic mass is 16.3. The molecule has 1 amide bonds. The number of aliphatic hydroxyl groups excluding tert-OH is 1. The molecule has 7 heteroatoms. The van der Waals surface area contributed by atoms with Gasteiger partial charge in [0.2, 0.25) is 0 Å². The van der Waals surface area contributed by atoms with Gasteiger partial charge in [-0.25, -0.2) is 4.98 Å². The van der Waals surface area contributed by atoms with Crippen molar-refractivity contribution >= 4 is 22.5 Å². The zero-order chi connectivity index (χ0) is 24.4. The second kappa shape index (κ2) is 9.72. The van der Waals surface area contributed by atoms with Crippen LogP contribution in [0.1, 0.15) is 41.6 Å². The summed E-state index contributed by atoms with van der Waals surface area (Å²) in [7, 11) is 0. The fourth-order valence-corrected chi connectivity index (χ4v) is 4.72. The van der Waals surface area contributed by atoms with Crippen LogP contribution in [0.25, 0.3) is 21.9 Å². The lowest BCUT2D eigenvalue weighted by Crippen LogP contribution is -2.38. The van der Waals surface area contributed by atoms with Gasteiger partial charge in [0.15, 0.2) is 0 Å². The average molecular weight is 469 g/mol. The Bertz CT molecular complexity index is 1440. The van der Waals surface area contributed by atoms with E-state index in [1.54, 1.807) is 23.0 Å². The van der Waals surface area contributed by atoms with Crippen molar-refractivity contribution in [1.82, 2.24) is 14.9 Å². The summed E-state index contributed by atoms with van der Waals surface area (Å²) in [6.45, 7) is 0.369. The van der Waals surface area contributed by atoms with Gasteiger partial charge in [-0.3, -0.25) is 9.59 Å². The maximum Gasteiger partial charge on any atom is 0.258 e. The third-order valence-electron chi connectivity index (χ3n) is 6.67. The van der Waals surface area contributed by atoms with Gasteiger partial charge in [-0.05, 0) is 90.2 Å². The number of benzene rings is 2. The molecule has 0 bridgehead atoms. The molecule has 178 valence electrons. The van der Waals surface area contributed by atoms with Crippen LogP contribution in [0.15, 0.2) is 77.9 Å². The minimum absolute atomic E-state index is 0.0843. The molecule has 0 aliphatic heterocycles. The van der Waals surface area contributed by atoms with E-state index < -0.39 is 0 Å². The lowest BCUT2D eigenvalue weighted by molar-refractivity contribution is 0.0867. The Balaban J connectivity index is 1.35. The maximum absolute atomic E-state index is 13.2. The predicted octanol–water partition coefficient (Wildman–Crippen LogP) is 3.73. The number of pyridine rings is 2. The standard InChI is InChI=1S/C28H28N4O3/c29-26-16-20(10-12-30-26)19-4-9-25-21(15-19)11-13-32(28(25)35)17-18-2-1-3-22(14-18)27(34)31-23-5-7-24(33)8-6-23/h1-4,9-16,23-24,33H,5-8,17H2,(H2,29,30)(H,31,34)/t23-,24-. The van der Waals surface area contributed by atoms with Crippen molar-refractivity contribution in [2.75, 3.05) is 5.73 Å². The van der Waals surface area contributed by atoms with E-state index in [4.69, 9.17) is 5.73 Å². The minimum Gasteiger partial charge on any atom is -0.393 e. The van der Waals surface area contributed by atoms with E-state index in [-0.39, 0.29) is 23.6 Å². The number of nitrogens with one attached hydrogen (secondary N) is 1. The Kier molecular flexibility index (Phi) is 6.33. The van der Waals surface area contributed by atoms with Gasteiger partial charge in [0.05, 0.1) is 12.6 Å². The number of nitrogen functional groups attached to an aromatic ring is 1. The van der Waals surface area contributed by atoms with Gasteiger partial charge in [-0.2, -0.15) is 0 Å². The van der Waals surface area contributed by atoms with Crippen LogP contribution in [0.5, 0.6) is 0 Å². The zero-order valence-electron chi connectivity index (χ0n) is 19.4. The summed E-state index contributed by atoms with van der Waals surface area (Å²) in [4.78, 5) is 30.0. The zero-order valence-corrected chi connectivity index (χ0v) is 19.4. The van der Waals surface area contributed by atoms with Crippen LogP contribution >= 0.6 is 0 Å². The number of fused-ring (bicyclic) bond motifs is 1. The molecule has 5 rings (SSSR count). The van der Waals surface area contributed by atoms with Gasteiger partial charge in [0.1, 0.15) is 5.82 Å². The first kappa shape index (κ1) is 22.8. The molecule has 35 heavy (non-hydrogen) atoms. The fraction of sp³-hybridized carbons (Fsp3) is 0.250. The summed E-state index contributed by atoms with van der Waals surface area (Å²) in [5, 5.41) is 14.2. The van der Waals surface area contributed by atoms with Gasteiger partial charge in [-0.1, -0.05) is 18.2 Å². The van der Waals surface area contributed by atoms with E-state index >= 15 is 0 Å². The maximum atomic E-state index is 13.2. The highest BCUT2D eigenvalue weighted by molar-refractivity contribution is 5.94. The van der Waals surface area contributed by atoms with E-state index in [1.165, 1.54) is 0 Å². The van der Waals surface area contributed by atoms with Crippen molar-refractivity contribution in [2.24, 2.45) is 0 Å². The van der Waals surface area contributed by atoms with Crippen LogP contribution in [-0.2, 0) is 6.54 Å². The summed E-state index contributed by atoms with van der Waals surface area (Å²) >= 11 is 0. The predicted molar refractivity (Wildman–Crippen MR) is 137 cm³/mol. The molecule has 4 aromatic rings. The van der Waals surface area contributed by atoms with E-state index in [0.717, 1.165) is 34.9 Å². The lowest BCUT2D eigenvalue weighted by Gasteiger charge is -2.26. The van der Waals surface area contributed by atoms with Gasteiger partial charge in [0, 0.05) is 29.4 Å². The normalized spacial score (nSPS) is 17.9. The highest BCUT2D eigenvalue weighted by Crippen LogP contribution is 2.24.